The van der Waals surface area contributed by atoms with Crippen LogP contribution in [0.5, 0.6) is 0 Å². The van der Waals surface area contributed by atoms with E-state index < -0.39 is 0 Å². The van der Waals surface area contributed by atoms with Crippen molar-refractivity contribution in [1.29, 1.82) is 0 Å². The SMILES string of the molecule is CC1/C=C(/C=C\C2=CCCC=C2)\C=C/CN(C2=CC=CCCC2)c2ccccc21. The van der Waals surface area contributed by atoms with Crippen LogP contribution in [0.1, 0.15) is 50.5 Å². The molecule has 3 aliphatic rings. The molecule has 1 aromatic carbocycles. The molecule has 1 aliphatic heterocycles. The van der Waals surface area contributed by atoms with Crippen molar-refractivity contribution in [3.63, 3.8) is 0 Å². The normalized spacial score (nSPS) is 25.1. The van der Waals surface area contributed by atoms with Gasteiger partial charge in [-0.15, -0.1) is 0 Å². The lowest BCUT2D eigenvalue weighted by Crippen LogP contribution is -2.24. The first-order chi connectivity index (χ1) is 14.3. The van der Waals surface area contributed by atoms with Crippen molar-refractivity contribution < 1.29 is 0 Å². The Hall–Kier alpha value is -2.80. The molecule has 0 N–H and O–H groups in total. The Bertz CT molecular complexity index is 933. The lowest BCUT2D eigenvalue weighted by Gasteiger charge is -2.29. The molecule has 1 atom stereocenters. The number of hydrogen-bond acceptors (Lipinski definition) is 1. The molecule has 1 unspecified atom stereocenters. The van der Waals surface area contributed by atoms with Gasteiger partial charge in [-0.1, -0.05) is 85.9 Å². The van der Waals surface area contributed by atoms with Gasteiger partial charge in [-0.05, 0) is 61.0 Å². The smallest absolute Gasteiger partial charge is 0.0449 e. The second kappa shape index (κ2) is 9.60. The van der Waals surface area contributed by atoms with Crippen molar-refractivity contribution >= 4 is 5.69 Å². The largest absolute Gasteiger partial charge is 0.341 e. The number of rotatable bonds is 3. The minimum Gasteiger partial charge on any atom is -0.341 e. The molecule has 0 amide bonds. The van der Waals surface area contributed by atoms with Gasteiger partial charge in [-0.2, -0.15) is 0 Å². The maximum absolute atomic E-state index is 2.50. The van der Waals surface area contributed by atoms with E-state index in [1.165, 1.54) is 40.9 Å². The Morgan fingerprint density at radius 2 is 1.79 bits per heavy atom. The highest BCUT2D eigenvalue weighted by Gasteiger charge is 2.18. The second-order valence-electron chi connectivity index (χ2n) is 8.02. The van der Waals surface area contributed by atoms with Crippen molar-refractivity contribution in [2.24, 2.45) is 0 Å². The average molecular weight is 382 g/mol. The van der Waals surface area contributed by atoms with Crippen molar-refractivity contribution in [2.75, 3.05) is 11.4 Å². The minimum atomic E-state index is 0.355. The lowest BCUT2D eigenvalue weighted by molar-refractivity contribution is 0.797. The van der Waals surface area contributed by atoms with E-state index in [1.807, 2.05) is 0 Å². The summed E-state index contributed by atoms with van der Waals surface area (Å²) in [4.78, 5) is 2.50. The predicted octanol–water partition coefficient (Wildman–Crippen LogP) is 7.55. The third-order valence-electron chi connectivity index (χ3n) is 5.83. The summed E-state index contributed by atoms with van der Waals surface area (Å²) in [5.74, 6) is 0.355. The Balaban J connectivity index is 1.67. The Morgan fingerprint density at radius 3 is 2.69 bits per heavy atom. The Labute approximate surface area is 175 Å². The Morgan fingerprint density at radius 1 is 0.931 bits per heavy atom. The number of hydrogen-bond donors (Lipinski definition) is 0. The third-order valence-corrected chi connectivity index (χ3v) is 5.83. The molecule has 0 spiro atoms. The number of anilines is 1. The predicted molar refractivity (Wildman–Crippen MR) is 126 cm³/mol. The summed E-state index contributed by atoms with van der Waals surface area (Å²) < 4.78 is 0. The number of para-hydroxylation sites is 1. The Kier molecular flexibility index (Phi) is 6.46. The fraction of sp³-hybridized carbons (Fsp3) is 0.286. The van der Waals surface area contributed by atoms with Gasteiger partial charge in [0.25, 0.3) is 0 Å². The summed E-state index contributed by atoms with van der Waals surface area (Å²) in [5.41, 5.74) is 6.75. The number of benzene rings is 1. The van der Waals surface area contributed by atoms with Crippen LogP contribution < -0.4 is 4.90 Å². The van der Waals surface area contributed by atoms with Crippen LogP contribution in [0.15, 0.2) is 108 Å². The molecule has 148 valence electrons. The molecule has 4 rings (SSSR count). The molecule has 0 aromatic heterocycles. The van der Waals surface area contributed by atoms with Crippen LogP contribution >= 0.6 is 0 Å². The lowest BCUT2D eigenvalue weighted by atomic mass is 9.95. The highest BCUT2D eigenvalue weighted by Crippen LogP contribution is 2.34. The maximum atomic E-state index is 2.50. The topological polar surface area (TPSA) is 3.24 Å². The summed E-state index contributed by atoms with van der Waals surface area (Å²) >= 11 is 0. The van der Waals surface area contributed by atoms with Gasteiger partial charge in [0.2, 0.25) is 0 Å². The van der Waals surface area contributed by atoms with Crippen molar-refractivity contribution in [1.82, 2.24) is 0 Å². The molecule has 0 bridgehead atoms. The van der Waals surface area contributed by atoms with Crippen LogP contribution in [0, 0.1) is 0 Å². The van der Waals surface area contributed by atoms with Gasteiger partial charge in [0, 0.05) is 23.8 Å². The summed E-state index contributed by atoms with van der Waals surface area (Å²) in [6.45, 7) is 3.21. The monoisotopic (exact) mass is 381 g/mol. The highest BCUT2D eigenvalue weighted by atomic mass is 15.1. The van der Waals surface area contributed by atoms with Crippen LogP contribution in [-0.4, -0.2) is 6.54 Å². The van der Waals surface area contributed by atoms with Gasteiger partial charge < -0.3 is 4.90 Å². The maximum Gasteiger partial charge on any atom is 0.0449 e. The van der Waals surface area contributed by atoms with E-state index in [0.717, 1.165) is 25.8 Å². The van der Waals surface area contributed by atoms with Crippen molar-refractivity contribution in [3.8, 4) is 0 Å². The second-order valence-corrected chi connectivity index (χ2v) is 8.02. The van der Waals surface area contributed by atoms with E-state index in [-0.39, 0.29) is 0 Å². The minimum absolute atomic E-state index is 0.355. The van der Waals surface area contributed by atoms with Gasteiger partial charge in [-0.3, -0.25) is 0 Å². The number of nitrogens with zero attached hydrogens (tertiary/aromatic N) is 1. The molecule has 1 nitrogen and oxygen atoms in total. The number of fused-ring (bicyclic) bond motifs is 1. The fourth-order valence-electron chi connectivity index (χ4n) is 4.26. The van der Waals surface area contributed by atoms with E-state index in [1.54, 1.807) is 0 Å². The zero-order chi connectivity index (χ0) is 19.9. The van der Waals surface area contributed by atoms with Crippen LogP contribution in [0.3, 0.4) is 0 Å². The average Bonchev–Trinajstić information content (AvgIpc) is 3.01. The first-order valence-corrected chi connectivity index (χ1v) is 11.0. The molecular weight excluding hydrogens is 350 g/mol. The van der Waals surface area contributed by atoms with E-state index in [0.29, 0.717) is 5.92 Å². The first kappa shape index (κ1) is 19.5. The third kappa shape index (κ3) is 4.98. The van der Waals surface area contributed by atoms with E-state index in [2.05, 4.69) is 103 Å². The first-order valence-electron chi connectivity index (χ1n) is 11.0. The zero-order valence-electron chi connectivity index (χ0n) is 17.4. The summed E-state index contributed by atoms with van der Waals surface area (Å²) in [6.07, 6.45) is 30.9. The molecule has 1 heteroatoms. The molecule has 29 heavy (non-hydrogen) atoms. The van der Waals surface area contributed by atoms with Gasteiger partial charge in [0.1, 0.15) is 0 Å². The van der Waals surface area contributed by atoms with Crippen LogP contribution in [-0.2, 0) is 0 Å². The molecule has 0 radical (unpaired) electrons. The molecule has 2 aliphatic carbocycles. The molecule has 0 fully saturated rings. The quantitative estimate of drug-likeness (QED) is 0.522. The summed E-state index contributed by atoms with van der Waals surface area (Å²) in [5, 5.41) is 0. The van der Waals surface area contributed by atoms with Gasteiger partial charge in [0.05, 0.1) is 0 Å². The van der Waals surface area contributed by atoms with Gasteiger partial charge in [-0.25, -0.2) is 0 Å². The standard InChI is InChI=1S/C28H31N/c1-23-22-25(20-19-24-12-5-4-6-13-24)14-11-21-29(26-15-7-2-3-8-16-26)28-18-10-9-17-27(23)28/h2,5,7,9-15,17-20,22-23H,3-4,6,8,16,21H2,1H3/b14-11-,20-19-,25-22+. The summed E-state index contributed by atoms with van der Waals surface area (Å²) in [7, 11) is 0. The molecular formula is C28H31N. The van der Waals surface area contributed by atoms with Crippen LogP contribution in [0.2, 0.25) is 0 Å². The van der Waals surface area contributed by atoms with Crippen molar-refractivity contribution in [2.45, 2.75) is 44.9 Å². The molecule has 1 heterocycles. The van der Waals surface area contributed by atoms with E-state index in [4.69, 9.17) is 0 Å². The molecule has 0 saturated carbocycles. The molecule has 0 saturated heterocycles. The van der Waals surface area contributed by atoms with E-state index in [9.17, 15) is 0 Å². The summed E-state index contributed by atoms with van der Waals surface area (Å²) in [6, 6.07) is 8.90. The van der Waals surface area contributed by atoms with Gasteiger partial charge in [0.15, 0.2) is 0 Å². The molecule has 1 aromatic rings. The van der Waals surface area contributed by atoms with Crippen molar-refractivity contribution in [3.05, 3.63) is 114 Å². The number of allylic oxidation sites excluding steroid dienone is 13. The fourth-order valence-corrected chi connectivity index (χ4v) is 4.26. The van der Waals surface area contributed by atoms with Crippen LogP contribution in [0.25, 0.3) is 0 Å². The van der Waals surface area contributed by atoms with Gasteiger partial charge >= 0.3 is 0 Å². The van der Waals surface area contributed by atoms with E-state index >= 15 is 0 Å². The highest BCUT2D eigenvalue weighted by molar-refractivity contribution is 5.62. The zero-order valence-corrected chi connectivity index (χ0v) is 17.4. The van der Waals surface area contributed by atoms with Crippen LogP contribution in [0.4, 0.5) is 5.69 Å².